The maximum absolute atomic E-state index is 14.4. The summed E-state index contributed by atoms with van der Waals surface area (Å²) in [5.74, 6) is -3.12. The second-order valence-electron chi connectivity index (χ2n) is 15.5. The predicted octanol–water partition coefficient (Wildman–Crippen LogP) is 2.26. The number of nitrogens with one attached hydrogen (secondary N) is 5. The summed E-state index contributed by atoms with van der Waals surface area (Å²) in [6, 6.07) is -1.33. The fraction of sp³-hybridized carbons (Fsp3) is 0.735. The average Bonchev–Trinajstić information content (AvgIpc) is 3.50. The van der Waals surface area contributed by atoms with Crippen molar-refractivity contribution in [3.63, 3.8) is 0 Å². The molecule has 0 spiro atoms. The van der Waals surface area contributed by atoms with Gasteiger partial charge in [0.1, 0.15) is 17.8 Å². The normalized spacial score (nSPS) is 22.4. The molecular formula is C34H53N7O6. The lowest BCUT2D eigenvalue weighted by atomic mass is 9.83. The first-order valence-electron chi connectivity index (χ1n) is 17.1. The van der Waals surface area contributed by atoms with Crippen LogP contribution in [0.15, 0.2) is 6.07 Å². The van der Waals surface area contributed by atoms with Crippen LogP contribution in [0.25, 0.3) is 0 Å². The molecule has 3 fully saturated rings. The van der Waals surface area contributed by atoms with Gasteiger partial charge in [0, 0.05) is 17.5 Å². The van der Waals surface area contributed by atoms with Crippen LogP contribution in [0.1, 0.15) is 122 Å². The summed E-state index contributed by atoms with van der Waals surface area (Å²) in [6.45, 7) is 13.0. The number of carbonyl (C=O) groups is 6. The van der Waals surface area contributed by atoms with Crippen LogP contribution in [0, 0.1) is 11.3 Å². The Kier molecular flexibility index (Phi) is 11.2. The Morgan fingerprint density at radius 1 is 0.979 bits per heavy atom. The summed E-state index contributed by atoms with van der Waals surface area (Å²) in [5.41, 5.74) is -0.0456. The van der Waals surface area contributed by atoms with E-state index in [2.05, 4.69) is 31.5 Å². The van der Waals surface area contributed by atoms with Gasteiger partial charge in [0.2, 0.25) is 23.5 Å². The van der Waals surface area contributed by atoms with Crippen LogP contribution < -0.4 is 21.3 Å². The smallest absolute Gasteiger partial charge is 0.289 e. The molecule has 13 nitrogen and oxygen atoms in total. The minimum atomic E-state index is -0.986. The van der Waals surface area contributed by atoms with Gasteiger partial charge in [0.25, 0.3) is 11.8 Å². The third-order valence-corrected chi connectivity index (χ3v) is 9.41. The van der Waals surface area contributed by atoms with Gasteiger partial charge in [0.15, 0.2) is 0 Å². The van der Waals surface area contributed by atoms with Gasteiger partial charge in [0.05, 0.1) is 18.3 Å². The van der Waals surface area contributed by atoms with Crippen molar-refractivity contribution >= 4 is 35.3 Å². The molecular weight excluding hydrogens is 602 g/mol. The zero-order chi connectivity index (χ0) is 34.7. The van der Waals surface area contributed by atoms with E-state index in [1.54, 1.807) is 11.0 Å². The van der Waals surface area contributed by atoms with Gasteiger partial charge in [-0.05, 0) is 55.9 Å². The Hall–Kier alpha value is -3.77. The van der Waals surface area contributed by atoms with Gasteiger partial charge in [-0.25, -0.2) is 0 Å². The highest BCUT2D eigenvalue weighted by atomic mass is 16.2. The van der Waals surface area contributed by atoms with Crippen molar-refractivity contribution in [1.82, 2.24) is 36.4 Å². The first-order valence-corrected chi connectivity index (χ1v) is 17.1. The first kappa shape index (κ1) is 36.1. The van der Waals surface area contributed by atoms with Gasteiger partial charge < -0.3 is 26.2 Å². The number of hydrogen-bond donors (Lipinski definition) is 5. The molecule has 5 atom stereocenters. The van der Waals surface area contributed by atoms with E-state index in [1.807, 2.05) is 48.5 Å². The Balaban J connectivity index is 1.48. The lowest BCUT2D eigenvalue weighted by molar-refractivity contribution is -0.147. The molecule has 4 rings (SSSR count). The number of hydrogen-bond acceptors (Lipinski definition) is 7. The quantitative estimate of drug-likeness (QED) is 0.214. The van der Waals surface area contributed by atoms with Gasteiger partial charge >= 0.3 is 0 Å². The van der Waals surface area contributed by atoms with Crippen molar-refractivity contribution in [1.29, 1.82) is 0 Å². The highest BCUT2D eigenvalue weighted by Crippen LogP contribution is 2.41. The van der Waals surface area contributed by atoms with Crippen LogP contribution in [0.4, 0.5) is 0 Å². The van der Waals surface area contributed by atoms with E-state index in [4.69, 9.17) is 0 Å². The van der Waals surface area contributed by atoms with E-state index < -0.39 is 53.0 Å². The summed E-state index contributed by atoms with van der Waals surface area (Å²) in [6.07, 6.45) is 6.55. The third-order valence-electron chi connectivity index (χ3n) is 9.41. The van der Waals surface area contributed by atoms with Crippen LogP contribution in [0.5, 0.6) is 0 Å². The van der Waals surface area contributed by atoms with Crippen LogP contribution in [-0.4, -0.2) is 87.2 Å². The average molecular weight is 656 g/mol. The number of nitrogens with zero attached hydrogens (tertiary/aromatic N) is 2. The Labute approximate surface area is 277 Å². The Morgan fingerprint density at radius 2 is 1.66 bits per heavy atom. The van der Waals surface area contributed by atoms with Gasteiger partial charge in [-0.15, -0.1) is 0 Å². The molecule has 1 saturated heterocycles. The van der Waals surface area contributed by atoms with Crippen molar-refractivity contribution in [3.05, 3.63) is 17.5 Å². The molecule has 5 N–H and O–H groups in total. The van der Waals surface area contributed by atoms with E-state index in [9.17, 15) is 28.8 Å². The van der Waals surface area contributed by atoms with Crippen molar-refractivity contribution in [2.75, 3.05) is 6.54 Å². The van der Waals surface area contributed by atoms with Gasteiger partial charge in [-0.1, -0.05) is 67.7 Å². The molecule has 3 aliphatic rings. The topological polar surface area (TPSA) is 182 Å². The molecule has 1 aliphatic heterocycles. The lowest BCUT2D eigenvalue weighted by Crippen LogP contribution is -2.61. The lowest BCUT2D eigenvalue weighted by Gasteiger charge is -2.39. The van der Waals surface area contributed by atoms with Crippen molar-refractivity contribution < 1.29 is 28.8 Å². The summed E-state index contributed by atoms with van der Waals surface area (Å²) < 4.78 is 0. The molecule has 47 heavy (non-hydrogen) atoms. The molecule has 5 amide bonds. The zero-order valence-corrected chi connectivity index (χ0v) is 29.0. The number of H-pyrrole nitrogens is 1. The van der Waals surface area contributed by atoms with E-state index in [-0.39, 0.29) is 41.6 Å². The maximum Gasteiger partial charge on any atom is 0.289 e. The minimum absolute atomic E-state index is 0.0140. The van der Waals surface area contributed by atoms with Crippen LogP contribution in [0.2, 0.25) is 0 Å². The van der Waals surface area contributed by atoms with E-state index in [0.29, 0.717) is 25.0 Å². The van der Waals surface area contributed by atoms with E-state index >= 15 is 0 Å². The number of carbonyl (C=O) groups excluding carboxylic acids is 6. The van der Waals surface area contributed by atoms with Gasteiger partial charge in [-0.3, -0.25) is 33.9 Å². The SMILES string of the molecule is CCC[C@H](NC(=O)[C@@H]1CC2CCCCC2N1C(=O)[C@@H](NC(=O)CNC(=O)c1cc(C(C)(C)C)n[nH]1)C(C)(C)C)C(=O)C(=O)NC1CC1. The monoisotopic (exact) mass is 655 g/mol. The largest absolute Gasteiger partial charge is 0.347 e. The molecule has 0 aromatic carbocycles. The summed E-state index contributed by atoms with van der Waals surface area (Å²) in [7, 11) is 0. The molecule has 13 heteroatoms. The number of fused-ring (bicyclic) bond motifs is 1. The third kappa shape index (κ3) is 8.98. The number of amides is 5. The number of aromatic amines is 1. The first-order chi connectivity index (χ1) is 22.0. The molecule has 260 valence electrons. The number of Topliss-reactive ketones (excluding diaryl/α,β-unsaturated/α-hetero) is 1. The Morgan fingerprint density at radius 3 is 2.26 bits per heavy atom. The standard InChI is InChI=1S/C34H53N7O6/c1-8-11-21(27(43)31(46)36-20-14-15-20)37-30(45)24-16-19-12-9-10-13-23(19)41(24)32(47)28(34(5,6)7)38-26(42)18-35-29(44)22-17-25(40-39-22)33(2,3)4/h17,19-21,23-24,28H,8-16,18H2,1-7H3,(H,35,44)(H,36,46)(H,37,45)(H,38,42)(H,39,40)/t19?,21-,23?,24-,28+/m0/s1. The van der Waals surface area contributed by atoms with Crippen LogP contribution in [0.3, 0.4) is 0 Å². The van der Waals surface area contributed by atoms with Crippen molar-refractivity contribution in [3.8, 4) is 0 Å². The van der Waals surface area contributed by atoms with Crippen LogP contribution >= 0.6 is 0 Å². The fourth-order valence-electron chi connectivity index (χ4n) is 6.57. The number of ketones is 1. The van der Waals surface area contributed by atoms with Crippen molar-refractivity contribution in [2.24, 2.45) is 11.3 Å². The zero-order valence-electron chi connectivity index (χ0n) is 29.0. The molecule has 2 unspecified atom stereocenters. The maximum atomic E-state index is 14.4. The summed E-state index contributed by atoms with van der Waals surface area (Å²) >= 11 is 0. The predicted molar refractivity (Wildman–Crippen MR) is 175 cm³/mol. The summed E-state index contributed by atoms with van der Waals surface area (Å²) in [4.78, 5) is 81.5. The molecule has 2 heterocycles. The summed E-state index contributed by atoms with van der Waals surface area (Å²) in [5, 5.41) is 17.9. The number of aromatic nitrogens is 2. The van der Waals surface area contributed by atoms with E-state index in [1.165, 1.54) is 0 Å². The van der Waals surface area contributed by atoms with Crippen molar-refractivity contribution in [2.45, 2.75) is 142 Å². The molecule has 2 aliphatic carbocycles. The van der Waals surface area contributed by atoms with E-state index in [0.717, 1.165) is 38.5 Å². The number of likely N-dealkylation sites (tertiary alicyclic amines) is 1. The molecule has 0 bridgehead atoms. The molecule has 0 radical (unpaired) electrons. The minimum Gasteiger partial charge on any atom is -0.347 e. The second-order valence-corrected chi connectivity index (χ2v) is 15.5. The fourth-order valence-corrected chi connectivity index (χ4v) is 6.57. The molecule has 2 saturated carbocycles. The molecule has 1 aromatic heterocycles. The van der Waals surface area contributed by atoms with Crippen LogP contribution in [-0.2, 0) is 29.4 Å². The highest BCUT2D eigenvalue weighted by molar-refractivity contribution is 6.38. The van der Waals surface area contributed by atoms with Gasteiger partial charge in [-0.2, -0.15) is 5.10 Å². The highest BCUT2D eigenvalue weighted by Gasteiger charge is 2.51. The Bertz CT molecular complexity index is 1360. The molecule has 1 aromatic rings. The second kappa shape index (κ2) is 14.6. The number of rotatable bonds is 12.